The zero-order valence-electron chi connectivity index (χ0n) is 10.4. The van der Waals surface area contributed by atoms with E-state index in [1.807, 2.05) is 0 Å². The van der Waals surface area contributed by atoms with Gasteiger partial charge < -0.3 is 20.5 Å². The van der Waals surface area contributed by atoms with Gasteiger partial charge in [0.25, 0.3) is 0 Å². The molecule has 1 aliphatic carbocycles. The number of amides is 1. The Kier molecular flexibility index (Phi) is 3.87. The summed E-state index contributed by atoms with van der Waals surface area (Å²) in [5.41, 5.74) is 5.34. The van der Waals surface area contributed by atoms with Crippen LogP contribution in [0.25, 0.3) is 0 Å². The van der Waals surface area contributed by atoms with E-state index in [0.717, 1.165) is 19.3 Å². The molecule has 0 aromatic heterocycles. The average Bonchev–Trinajstić information content (AvgIpc) is 2.27. The van der Waals surface area contributed by atoms with Gasteiger partial charge in [-0.3, -0.25) is 9.59 Å². The quantitative estimate of drug-likeness (QED) is 0.727. The highest BCUT2D eigenvalue weighted by molar-refractivity contribution is 5.84. The maximum Gasteiger partial charge on any atom is 0.306 e. The first-order valence-electron chi connectivity index (χ1n) is 6.40. The molecule has 1 saturated carbocycles. The molecule has 0 bridgehead atoms. The lowest BCUT2D eigenvalue weighted by Gasteiger charge is -2.44. The minimum atomic E-state index is -0.897. The zero-order chi connectivity index (χ0) is 13.2. The molecule has 1 aliphatic heterocycles. The number of morpholine rings is 1. The standard InChI is InChI=1S/C12H20N2O4/c13-8-12(2-1-3-12)11(17)14-4-5-18-9(7-14)6-10(15)16/h9H,1-8,13H2,(H,15,16). The Labute approximate surface area is 106 Å². The molecule has 2 rings (SSSR count). The van der Waals surface area contributed by atoms with Crippen molar-refractivity contribution < 1.29 is 19.4 Å². The van der Waals surface area contributed by atoms with Crippen LogP contribution in [-0.2, 0) is 14.3 Å². The van der Waals surface area contributed by atoms with Crippen molar-refractivity contribution in [2.45, 2.75) is 31.8 Å². The van der Waals surface area contributed by atoms with Gasteiger partial charge in [-0.25, -0.2) is 0 Å². The second-order valence-electron chi connectivity index (χ2n) is 5.18. The average molecular weight is 256 g/mol. The summed E-state index contributed by atoms with van der Waals surface area (Å²) in [6.07, 6.45) is 2.30. The van der Waals surface area contributed by atoms with Crippen molar-refractivity contribution in [2.24, 2.45) is 11.1 Å². The lowest BCUT2D eigenvalue weighted by molar-refractivity contribution is -0.157. The molecule has 0 aromatic rings. The normalized spacial score (nSPS) is 26.5. The van der Waals surface area contributed by atoms with Gasteiger partial charge in [0.2, 0.25) is 5.91 Å². The summed E-state index contributed by atoms with van der Waals surface area (Å²) in [7, 11) is 0. The number of carbonyl (C=O) groups excluding carboxylic acids is 1. The Bertz CT molecular complexity index is 335. The summed E-state index contributed by atoms with van der Waals surface area (Å²) in [4.78, 5) is 24.8. The molecule has 1 unspecified atom stereocenters. The van der Waals surface area contributed by atoms with Crippen LogP contribution in [0.1, 0.15) is 25.7 Å². The molecule has 18 heavy (non-hydrogen) atoms. The van der Waals surface area contributed by atoms with Crippen molar-refractivity contribution in [3.8, 4) is 0 Å². The van der Waals surface area contributed by atoms with Gasteiger partial charge in [0.15, 0.2) is 0 Å². The van der Waals surface area contributed by atoms with Crippen LogP contribution < -0.4 is 5.73 Å². The highest BCUT2D eigenvalue weighted by Crippen LogP contribution is 2.41. The summed E-state index contributed by atoms with van der Waals surface area (Å²) < 4.78 is 5.36. The molecule has 1 amide bonds. The molecule has 102 valence electrons. The van der Waals surface area contributed by atoms with E-state index in [1.54, 1.807) is 4.90 Å². The molecule has 1 heterocycles. The van der Waals surface area contributed by atoms with Crippen LogP contribution in [0.15, 0.2) is 0 Å². The van der Waals surface area contributed by atoms with Crippen molar-refractivity contribution in [3.05, 3.63) is 0 Å². The van der Waals surface area contributed by atoms with Gasteiger partial charge in [-0.05, 0) is 12.8 Å². The Hall–Kier alpha value is -1.14. The second kappa shape index (κ2) is 5.24. The summed E-state index contributed by atoms with van der Waals surface area (Å²) in [6.45, 7) is 1.70. The van der Waals surface area contributed by atoms with Crippen LogP contribution in [0.2, 0.25) is 0 Å². The third-order valence-corrected chi connectivity index (χ3v) is 3.98. The Morgan fingerprint density at radius 1 is 1.44 bits per heavy atom. The third kappa shape index (κ3) is 2.49. The van der Waals surface area contributed by atoms with E-state index in [-0.39, 0.29) is 17.7 Å². The Balaban J connectivity index is 1.96. The molecule has 2 fully saturated rings. The summed E-state index contributed by atoms with van der Waals surface area (Å²) in [6, 6.07) is 0. The van der Waals surface area contributed by atoms with E-state index in [1.165, 1.54) is 0 Å². The van der Waals surface area contributed by atoms with Gasteiger partial charge in [-0.15, -0.1) is 0 Å². The molecular formula is C12H20N2O4. The number of nitrogens with two attached hydrogens (primary N) is 1. The second-order valence-corrected chi connectivity index (χ2v) is 5.18. The van der Waals surface area contributed by atoms with E-state index in [2.05, 4.69) is 0 Å². The first-order valence-corrected chi connectivity index (χ1v) is 6.40. The smallest absolute Gasteiger partial charge is 0.306 e. The zero-order valence-corrected chi connectivity index (χ0v) is 10.4. The van der Waals surface area contributed by atoms with Crippen LogP contribution in [-0.4, -0.2) is 54.2 Å². The van der Waals surface area contributed by atoms with Crippen LogP contribution in [0.5, 0.6) is 0 Å². The topological polar surface area (TPSA) is 92.9 Å². The summed E-state index contributed by atoms with van der Waals surface area (Å²) >= 11 is 0. The van der Waals surface area contributed by atoms with Crippen molar-refractivity contribution in [3.63, 3.8) is 0 Å². The number of rotatable bonds is 4. The van der Waals surface area contributed by atoms with Gasteiger partial charge >= 0.3 is 5.97 Å². The fourth-order valence-electron chi connectivity index (χ4n) is 2.67. The highest BCUT2D eigenvalue weighted by Gasteiger charge is 2.45. The first kappa shape index (κ1) is 13.3. The maximum absolute atomic E-state index is 12.4. The minimum Gasteiger partial charge on any atom is -0.481 e. The number of ether oxygens (including phenoxy) is 1. The number of carbonyl (C=O) groups is 2. The molecule has 0 radical (unpaired) electrons. The summed E-state index contributed by atoms with van der Waals surface area (Å²) in [5.74, 6) is -0.818. The molecule has 1 saturated heterocycles. The summed E-state index contributed by atoms with van der Waals surface area (Å²) in [5, 5.41) is 8.75. The molecule has 0 spiro atoms. The molecule has 0 aromatic carbocycles. The van der Waals surface area contributed by atoms with Crippen LogP contribution >= 0.6 is 0 Å². The van der Waals surface area contributed by atoms with Crippen LogP contribution in [0.4, 0.5) is 0 Å². The van der Waals surface area contributed by atoms with Crippen molar-refractivity contribution >= 4 is 11.9 Å². The fourth-order valence-corrected chi connectivity index (χ4v) is 2.67. The molecule has 6 heteroatoms. The Morgan fingerprint density at radius 2 is 2.17 bits per heavy atom. The van der Waals surface area contributed by atoms with E-state index >= 15 is 0 Å². The Morgan fingerprint density at radius 3 is 2.67 bits per heavy atom. The lowest BCUT2D eigenvalue weighted by Crippen LogP contribution is -2.56. The van der Waals surface area contributed by atoms with E-state index < -0.39 is 12.1 Å². The predicted molar refractivity (Wildman–Crippen MR) is 63.9 cm³/mol. The molecule has 1 atom stereocenters. The number of hydrogen-bond donors (Lipinski definition) is 2. The first-order chi connectivity index (χ1) is 8.57. The largest absolute Gasteiger partial charge is 0.481 e. The minimum absolute atomic E-state index is 0.0561. The number of aliphatic carboxylic acids is 1. The lowest BCUT2D eigenvalue weighted by atomic mass is 9.67. The third-order valence-electron chi connectivity index (χ3n) is 3.98. The maximum atomic E-state index is 12.4. The van der Waals surface area contributed by atoms with E-state index in [0.29, 0.717) is 26.2 Å². The predicted octanol–water partition coefficient (Wildman–Crippen LogP) is -0.182. The molecular weight excluding hydrogens is 236 g/mol. The van der Waals surface area contributed by atoms with E-state index in [4.69, 9.17) is 15.6 Å². The number of carboxylic acid groups (broad SMARTS) is 1. The van der Waals surface area contributed by atoms with Crippen molar-refractivity contribution in [2.75, 3.05) is 26.2 Å². The van der Waals surface area contributed by atoms with Gasteiger partial charge in [-0.2, -0.15) is 0 Å². The molecule has 6 nitrogen and oxygen atoms in total. The van der Waals surface area contributed by atoms with Crippen molar-refractivity contribution in [1.82, 2.24) is 4.90 Å². The van der Waals surface area contributed by atoms with Gasteiger partial charge in [0.1, 0.15) is 0 Å². The van der Waals surface area contributed by atoms with E-state index in [9.17, 15) is 9.59 Å². The SMILES string of the molecule is NCC1(C(=O)N2CCOC(CC(=O)O)C2)CCC1. The number of carboxylic acids is 1. The fraction of sp³-hybridized carbons (Fsp3) is 0.833. The van der Waals surface area contributed by atoms with Crippen LogP contribution in [0, 0.1) is 5.41 Å². The van der Waals surface area contributed by atoms with Crippen molar-refractivity contribution in [1.29, 1.82) is 0 Å². The number of hydrogen-bond acceptors (Lipinski definition) is 4. The van der Waals surface area contributed by atoms with Gasteiger partial charge in [0, 0.05) is 19.6 Å². The highest BCUT2D eigenvalue weighted by atomic mass is 16.5. The molecule has 3 N–H and O–H groups in total. The monoisotopic (exact) mass is 256 g/mol. The van der Waals surface area contributed by atoms with Gasteiger partial charge in [-0.1, -0.05) is 6.42 Å². The van der Waals surface area contributed by atoms with Crippen LogP contribution in [0.3, 0.4) is 0 Å². The number of nitrogens with zero attached hydrogens (tertiary/aromatic N) is 1. The molecule has 2 aliphatic rings. The van der Waals surface area contributed by atoms with Gasteiger partial charge in [0.05, 0.1) is 24.5 Å².